The minimum Gasteiger partial charge on any atom is -0.330 e. The Kier molecular flexibility index (Phi) is 4.20. The molecule has 1 aromatic carbocycles. The number of nitrogens with two attached hydrogens (primary N) is 1. The van der Waals surface area contributed by atoms with Crippen molar-refractivity contribution in [2.24, 2.45) is 5.73 Å². The summed E-state index contributed by atoms with van der Waals surface area (Å²) < 4.78 is 1.29. The van der Waals surface area contributed by atoms with E-state index < -0.39 is 0 Å². The molecule has 0 atom stereocenters. The largest absolute Gasteiger partial charge is 0.330 e. The molecule has 0 saturated heterocycles. The van der Waals surface area contributed by atoms with Gasteiger partial charge in [-0.15, -0.1) is 23.7 Å². The van der Waals surface area contributed by atoms with Crippen LogP contribution in [0.5, 0.6) is 0 Å². The molecule has 0 radical (unpaired) electrons. The van der Waals surface area contributed by atoms with E-state index >= 15 is 0 Å². The molecule has 1 nitrogen and oxygen atoms in total. The minimum absolute atomic E-state index is 0. The van der Waals surface area contributed by atoms with Crippen molar-refractivity contribution < 1.29 is 0 Å². The third-order valence-electron chi connectivity index (χ3n) is 2.03. The van der Waals surface area contributed by atoms with E-state index in [9.17, 15) is 0 Å². The molecule has 0 spiro atoms. The van der Waals surface area contributed by atoms with Crippen molar-refractivity contribution in [2.45, 2.75) is 6.42 Å². The maximum absolute atomic E-state index is 5.92. The van der Waals surface area contributed by atoms with Crippen molar-refractivity contribution in [1.29, 1.82) is 0 Å². The quantitative estimate of drug-likeness (QED) is 0.865. The van der Waals surface area contributed by atoms with Crippen LogP contribution in [0.2, 0.25) is 5.02 Å². The molecule has 4 heteroatoms. The fourth-order valence-electron chi connectivity index (χ4n) is 1.40. The monoisotopic (exact) mass is 247 g/mol. The van der Waals surface area contributed by atoms with Crippen LogP contribution in [0.3, 0.4) is 0 Å². The molecule has 2 aromatic rings. The summed E-state index contributed by atoms with van der Waals surface area (Å²) in [5.41, 5.74) is 6.83. The van der Waals surface area contributed by atoms with Crippen molar-refractivity contribution in [3.63, 3.8) is 0 Å². The van der Waals surface area contributed by atoms with Gasteiger partial charge in [0.05, 0.1) is 0 Å². The molecule has 0 fully saturated rings. The first-order valence-corrected chi connectivity index (χ1v) is 5.42. The van der Waals surface area contributed by atoms with Crippen LogP contribution in [0.1, 0.15) is 5.56 Å². The van der Waals surface area contributed by atoms with Gasteiger partial charge in [-0.2, -0.15) is 0 Å². The van der Waals surface area contributed by atoms with E-state index in [0.29, 0.717) is 6.54 Å². The molecule has 0 saturated carbocycles. The number of benzene rings is 1. The maximum Gasteiger partial charge on any atom is 0.0413 e. The highest BCUT2D eigenvalue weighted by Gasteiger charge is 2.03. The Hall–Kier alpha value is -0.280. The Morgan fingerprint density at radius 1 is 1.36 bits per heavy atom. The Morgan fingerprint density at radius 2 is 2.14 bits per heavy atom. The number of fused-ring (bicyclic) bond motifs is 1. The molecule has 1 aromatic heterocycles. The van der Waals surface area contributed by atoms with E-state index in [1.807, 2.05) is 12.1 Å². The van der Waals surface area contributed by atoms with E-state index in [-0.39, 0.29) is 12.4 Å². The number of hydrogen-bond acceptors (Lipinski definition) is 2. The lowest BCUT2D eigenvalue weighted by Gasteiger charge is -1.96. The van der Waals surface area contributed by atoms with Crippen LogP contribution in [-0.4, -0.2) is 6.54 Å². The van der Waals surface area contributed by atoms with Crippen LogP contribution in [0, 0.1) is 0 Å². The summed E-state index contributed by atoms with van der Waals surface area (Å²) in [6.07, 6.45) is 0.931. The normalized spacial score (nSPS) is 10.1. The second kappa shape index (κ2) is 4.99. The number of hydrogen-bond donors (Lipinski definition) is 1. The predicted octanol–water partition coefficient (Wildman–Crippen LogP) is 3.48. The van der Waals surface area contributed by atoms with Crippen molar-refractivity contribution in [2.75, 3.05) is 6.54 Å². The summed E-state index contributed by atoms with van der Waals surface area (Å²) >= 11 is 7.67. The zero-order valence-corrected chi connectivity index (χ0v) is 9.88. The standard InChI is InChI=1S/C10H10ClNS.ClH/c11-8-1-2-10-9(5-8)7(3-4-12)6-13-10;/h1-2,5-6H,3-4,12H2;1H. The van der Waals surface area contributed by atoms with Gasteiger partial charge in [0.25, 0.3) is 0 Å². The van der Waals surface area contributed by atoms with Gasteiger partial charge in [0, 0.05) is 9.72 Å². The highest BCUT2D eigenvalue weighted by atomic mass is 35.5. The van der Waals surface area contributed by atoms with Crippen LogP contribution in [-0.2, 0) is 6.42 Å². The van der Waals surface area contributed by atoms with Crippen molar-refractivity contribution in [3.05, 3.63) is 34.2 Å². The maximum atomic E-state index is 5.92. The first-order valence-electron chi connectivity index (χ1n) is 4.17. The molecular weight excluding hydrogens is 237 g/mol. The van der Waals surface area contributed by atoms with Crippen LogP contribution in [0.25, 0.3) is 10.1 Å². The summed E-state index contributed by atoms with van der Waals surface area (Å²) in [6, 6.07) is 5.99. The van der Waals surface area contributed by atoms with Crippen molar-refractivity contribution in [3.8, 4) is 0 Å². The van der Waals surface area contributed by atoms with Gasteiger partial charge in [0.15, 0.2) is 0 Å². The van der Waals surface area contributed by atoms with Crippen molar-refractivity contribution >= 4 is 45.4 Å². The Morgan fingerprint density at radius 3 is 2.86 bits per heavy atom. The lowest BCUT2D eigenvalue weighted by atomic mass is 10.1. The van der Waals surface area contributed by atoms with Gasteiger partial charge in [-0.1, -0.05) is 11.6 Å². The summed E-state index contributed by atoms with van der Waals surface area (Å²) in [4.78, 5) is 0. The second-order valence-electron chi connectivity index (χ2n) is 2.94. The van der Waals surface area contributed by atoms with Crippen LogP contribution in [0.4, 0.5) is 0 Å². The van der Waals surface area contributed by atoms with Gasteiger partial charge < -0.3 is 5.73 Å². The molecule has 0 amide bonds. The zero-order valence-electron chi connectivity index (χ0n) is 7.50. The van der Waals surface area contributed by atoms with E-state index in [1.54, 1.807) is 11.3 Å². The smallest absolute Gasteiger partial charge is 0.0413 e. The molecule has 0 aliphatic carbocycles. The van der Waals surface area contributed by atoms with E-state index in [1.165, 1.54) is 15.6 Å². The molecule has 0 aliphatic heterocycles. The molecule has 0 bridgehead atoms. The van der Waals surface area contributed by atoms with Crippen LogP contribution in [0.15, 0.2) is 23.6 Å². The molecular formula is C10H11Cl2NS. The van der Waals surface area contributed by atoms with Crippen molar-refractivity contribution in [1.82, 2.24) is 0 Å². The van der Waals surface area contributed by atoms with Gasteiger partial charge in [-0.3, -0.25) is 0 Å². The van der Waals surface area contributed by atoms with Gasteiger partial charge >= 0.3 is 0 Å². The Balaban J connectivity index is 0.000000980. The summed E-state index contributed by atoms with van der Waals surface area (Å²) in [7, 11) is 0. The van der Waals surface area contributed by atoms with Gasteiger partial charge in [-0.05, 0) is 47.5 Å². The zero-order chi connectivity index (χ0) is 9.26. The number of halogens is 2. The van der Waals surface area contributed by atoms with Crippen LogP contribution >= 0.6 is 35.3 Å². The second-order valence-corrected chi connectivity index (χ2v) is 4.29. The van der Waals surface area contributed by atoms with E-state index in [2.05, 4.69) is 11.4 Å². The fraction of sp³-hybridized carbons (Fsp3) is 0.200. The molecule has 0 aliphatic rings. The van der Waals surface area contributed by atoms with E-state index in [4.69, 9.17) is 17.3 Å². The SMILES string of the molecule is Cl.NCCc1csc2ccc(Cl)cc12. The minimum atomic E-state index is 0. The molecule has 1 heterocycles. The summed E-state index contributed by atoms with van der Waals surface area (Å²) in [5, 5.41) is 4.21. The lowest BCUT2D eigenvalue weighted by Crippen LogP contribution is -2.01. The topological polar surface area (TPSA) is 26.0 Å². The summed E-state index contributed by atoms with van der Waals surface area (Å²) in [6.45, 7) is 0.693. The fourth-order valence-corrected chi connectivity index (χ4v) is 2.55. The first-order chi connectivity index (χ1) is 6.31. The van der Waals surface area contributed by atoms with Crippen LogP contribution < -0.4 is 5.73 Å². The first kappa shape index (κ1) is 11.8. The Labute approximate surface area is 98.3 Å². The Bertz CT molecular complexity index is 425. The van der Waals surface area contributed by atoms with Gasteiger partial charge in [0.1, 0.15) is 0 Å². The van der Waals surface area contributed by atoms with Gasteiger partial charge in [0.2, 0.25) is 0 Å². The average Bonchev–Trinajstić information content (AvgIpc) is 2.49. The lowest BCUT2D eigenvalue weighted by molar-refractivity contribution is 0.981. The molecule has 14 heavy (non-hydrogen) atoms. The molecule has 0 unspecified atom stereocenters. The molecule has 2 rings (SSSR count). The van der Waals surface area contributed by atoms with E-state index in [0.717, 1.165) is 11.4 Å². The predicted molar refractivity (Wildman–Crippen MR) is 66.8 cm³/mol. The highest BCUT2D eigenvalue weighted by Crippen LogP contribution is 2.28. The average molecular weight is 248 g/mol. The highest BCUT2D eigenvalue weighted by molar-refractivity contribution is 7.17. The third kappa shape index (κ3) is 2.20. The third-order valence-corrected chi connectivity index (χ3v) is 3.28. The summed E-state index contributed by atoms with van der Waals surface area (Å²) in [5.74, 6) is 0. The van der Waals surface area contributed by atoms with Gasteiger partial charge in [-0.25, -0.2) is 0 Å². The number of rotatable bonds is 2. The number of thiophene rings is 1. The molecule has 76 valence electrons. The molecule has 2 N–H and O–H groups in total.